The largest absolute Gasteiger partial charge is 0.443 e. The highest BCUT2D eigenvalue weighted by Gasteiger charge is 2.47. The molecular formula is C36H48N6O3Si. The topological polar surface area (TPSA) is 104 Å². The summed E-state index contributed by atoms with van der Waals surface area (Å²) >= 11 is 0. The molecule has 0 unspecified atom stereocenters. The van der Waals surface area contributed by atoms with Crippen LogP contribution >= 0.6 is 0 Å². The van der Waals surface area contributed by atoms with E-state index >= 15 is 0 Å². The average molecular weight is 641 g/mol. The van der Waals surface area contributed by atoms with E-state index in [-0.39, 0.29) is 5.04 Å². The van der Waals surface area contributed by atoms with Crippen molar-refractivity contribution in [2.75, 3.05) is 37.0 Å². The molecule has 1 N–H and O–H groups in total. The highest BCUT2D eigenvalue weighted by Crippen LogP contribution is 2.47. The van der Waals surface area contributed by atoms with E-state index in [1.54, 1.807) is 17.2 Å². The molecule has 2 aromatic carbocycles. The minimum Gasteiger partial charge on any atom is -0.443 e. The molecule has 1 aromatic heterocycles. The summed E-state index contributed by atoms with van der Waals surface area (Å²) in [5.41, 5.74) is 5.65. The predicted molar refractivity (Wildman–Crippen MR) is 186 cm³/mol. The summed E-state index contributed by atoms with van der Waals surface area (Å²) in [6.07, 6.45) is 2.30. The van der Waals surface area contributed by atoms with Crippen molar-refractivity contribution in [3.8, 4) is 17.3 Å². The van der Waals surface area contributed by atoms with Crippen molar-refractivity contribution in [3.05, 3.63) is 64.8 Å². The first kappa shape index (κ1) is 33.6. The maximum absolute atomic E-state index is 13.6. The number of ether oxygens (including phenoxy) is 1. The number of rotatable bonds is 6. The van der Waals surface area contributed by atoms with Crippen LogP contribution in [-0.4, -0.2) is 61.6 Å². The van der Waals surface area contributed by atoms with E-state index in [0.717, 1.165) is 36.3 Å². The van der Waals surface area contributed by atoms with Crippen molar-refractivity contribution in [2.24, 2.45) is 0 Å². The molecule has 0 spiro atoms. The summed E-state index contributed by atoms with van der Waals surface area (Å²) in [6, 6.07) is 14.5. The first-order chi connectivity index (χ1) is 21.4. The van der Waals surface area contributed by atoms with Gasteiger partial charge in [0, 0.05) is 49.1 Å². The predicted octanol–water partition coefficient (Wildman–Crippen LogP) is 7.78. The monoisotopic (exact) mass is 640 g/mol. The van der Waals surface area contributed by atoms with Crippen LogP contribution in [0.5, 0.6) is 0 Å². The number of nitrogens with zero attached hydrogens (tertiary/aromatic N) is 5. The smallest absolute Gasteiger partial charge is 0.414 e. The highest BCUT2D eigenvalue weighted by molar-refractivity contribution is 6.74. The molecule has 1 amide bonds. The third-order valence-corrected chi connectivity index (χ3v) is 13.9. The lowest BCUT2D eigenvalue weighted by Crippen LogP contribution is -2.46. The molecule has 3 heterocycles. The fourth-order valence-corrected chi connectivity index (χ4v) is 6.88. The van der Waals surface area contributed by atoms with Gasteiger partial charge in [0.15, 0.2) is 8.32 Å². The molecule has 2 aliphatic rings. The summed E-state index contributed by atoms with van der Waals surface area (Å²) in [5, 5.41) is 13.8. The Bertz CT molecular complexity index is 1690. The van der Waals surface area contributed by atoms with Crippen LogP contribution in [-0.2, 0) is 27.5 Å². The first-order valence-electron chi connectivity index (χ1n) is 16.0. The van der Waals surface area contributed by atoms with Crippen molar-refractivity contribution in [1.82, 2.24) is 14.9 Å². The molecule has 0 aliphatic carbocycles. The maximum Gasteiger partial charge on any atom is 0.414 e. The Balaban J connectivity index is 1.53. The van der Waals surface area contributed by atoms with Crippen LogP contribution in [0.3, 0.4) is 0 Å². The number of hydrogen-bond acceptors (Lipinski definition) is 8. The normalized spacial score (nSPS) is 18.5. The fraction of sp³-hybridized carbons (Fsp3) is 0.500. The molecule has 0 saturated heterocycles. The first-order valence-corrected chi connectivity index (χ1v) is 18.9. The van der Waals surface area contributed by atoms with Crippen LogP contribution in [0.1, 0.15) is 70.7 Å². The Hall–Kier alpha value is -3.78. The summed E-state index contributed by atoms with van der Waals surface area (Å²) in [4.78, 5) is 26.8. The van der Waals surface area contributed by atoms with Crippen molar-refractivity contribution >= 4 is 31.7 Å². The molecule has 1 atom stereocenters. The van der Waals surface area contributed by atoms with E-state index < -0.39 is 25.4 Å². The molecule has 2 aliphatic heterocycles. The van der Waals surface area contributed by atoms with Gasteiger partial charge >= 0.3 is 6.09 Å². The zero-order valence-electron chi connectivity index (χ0n) is 29.0. The van der Waals surface area contributed by atoms with Gasteiger partial charge < -0.3 is 19.4 Å². The van der Waals surface area contributed by atoms with E-state index in [0.29, 0.717) is 36.0 Å². The molecule has 3 aromatic rings. The van der Waals surface area contributed by atoms with Gasteiger partial charge in [0.2, 0.25) is 5.95 Å². The second-order valence-corrected chi connectivity index (χ2v) is 20.4. The van der Waals surface area contributed by atoms with Crippen LogP contribution in [0.15, 0.2) is 42.6 Å². The van der Waals surface area contributed by atoms with Crippen LogP contribution in [0.4, 0.5) is 22.1 Å². The molecule has 0 saturated carbocycles. The van der Waals surface area contributed by atoms with Gasteiger partial charge in [-0.2, -0.15) is 5.26 Å². The van der Waals surface area contributed by atoms with E-state index in [9.17, 15) is 10.1 Å². The second-order valence-electron chi connectivity index (χ2n) is 15.6. The number of hydrogen-bond donors (Lipinski definition) is 1. The van der Waals surface area contributed by atoms with Crippen molar-refractivity contribution in [2.45, 2.75) is 90.6 Å². The Morgan fingerprint density at radius 2 is 1.85 bits per heavy atom. The zero-order chi connectivity index (χ0) is 33.7. The standard InChI is InChI=1S/C36H48N6O3Si/c1-34(2,3)45-33(43)42-22-36(7,23-44-46(9,10)35(4,5)6)29-19-25(17-26(20-37)31(29)42)30-13-15-38-32(40-30)39-28-12-11-24-14-16-41(8)21-27(24)18-28/h11-13,15,17-19H,14,16,21-23H2,1-10H3,(H,38,39,40)/t36-/m1/s1. The molecule has 0 fully saturated rings. The Labute approximate surface area is 275 Å². The van der Waals surface area contributed by atoms with Crippen LogP contribution in [0.25, 0.3) is 11.3 Å². The number of nitrogens with one attached hydrogen (secondary N) is 1. The number of nitriles is 1. The number of fused-ring (bicyclic) bond motifs is 2. The molecular weight excluding hydrogens is 593 g/mol. The minimum absolute atomic E-state index is 0.0215. The van der Waals surface area contributed by atoms with Crippen LogP contribution in [0, 0.1) is 11.3 Å². The van der Waals surface area contributed by atoms with E-state index in [1.807, 2.05) is 26.8 Å². The third kappa shape index (κ3) is 6.97. The SMILES string of the molecule is CN1CCc2ccc(Nc3nccc(-c4cc(C#N)c5c(c4)[C@@](C)(CO[Si](C)(C)C(C)(C)C)CN5C(=O)OC(C)(C)C)n3)cc2C1. The molecule has 10 heteroatoms. The number of amides is 1. The Morgan fingerprint density at radius 3 is 2.52 bits per heavy atom. The van der Waals surface area contributed by atoms with Gasteiger partial charge in [-0.15, -0.1) is 0 Å². The second kappa shape index (κ2) is 12.1. The molecule has 5 rings (SSSR count). The lowest BCUT2D eigenvalue weighted by Gasteiger charge is -2.39. The Kier molecular flexibility index (Phi) is 8.83. The van der Waals surface area contributed by atoms with Gasteiger partial charge in [0.1, 0.15) is 11.7 Å². The maximum atomic E-state index is 13.6. The molecule has 9 nitrogen and oxygen atoms in total. The van der Waals surface area contributed by atoms with Crippen molar-refractivity contribution in [1.29, 1.82) is 5.26 Å². The number of aromatic nitrogens is 2. The van der Waals surface area contributed by atoms with E-state index in [4.69, 9.17) is 14.1 Å². The Morgan fingerprint density at radius 1 is 1.11 bits per heavy atom. The quantitative estimate of drug-likeness (QED) is 0.273. The van der Waals surface area contributed by atoms with Gasteiger partial charge in [0.05, 0.1) is 16.9 Å². The number of anilines is 3. The van der Waals surface area contributed by atoms with E-state index in [2.05, 4.69) is 93.4 Å². The number of carbonyl (C=O) groups excluding carboxylic acids is 1. The zero-order valence-corrected chi connectivity index (χ0v) is 30.0. The van der Waals surface area contributed by atoms with Gasteiger partial charge in [-0.3, -0.25) is 4.90 Å². The fourth-order valence-electron chi connectivity index (χ4n) is 5.77. The number of carbonyl (C=O) groups is 1. The third-order valence-electron chi connectivity index (χ3n) is 9.45. The summed E-state index contributed by atoms with van der Waals surface area (Å²) < 4.78 is 12.6. The summed E-state index contributed by atoms with van der Waals surface area (Å²) in [7, 11) is 0.0212. The van der Waals surface area contributed by atoms with Gasteiger partial charge in [-0.25, -0.2) is 14.8 Å². The van der Waals surface area contributed by atoms with Crippen molar-refractivity contribution < 1.29 is 14.0 Å². The number of likely N-dealkylation sites (N-methyl/N-ethyl adjacent to an activating group) is 1. The summed E-state index contributed by atoms with van der Waals surface area (Å²) in [6.45, 7) is 21.5. The van der Waals surface area contributed by atoms with E-state index in [1.165, 1.54) is 11.1 Å². The minimum atomic E-state index is -2.12. The lowest BCUT2D eigenvalue weighted by atomic mass is 9.83. The van der Waals surface area contributed by atoms with Crippen LogP contribution < -0.4 is 10.2 Å². The molecule has 0 bridgehead atoms. The van der Waals surface area contributed by atoms with Crippen molar-refractivity contribution in [3.63, 3.8) is 0 Å². The van der Waals surface area contributed by atoms with Crippen LogP contribution in [0.2, 0.25) is 18.1 Å². The molecule has 244 valence electrons. The van der Waals surface area contributed by atoms with Gasteiger partial charge in [-0.1, -0.05) is 33.8 Å². The molecule has 46 heavy (non-hydrogen) atoms. The molecule has 0 radical (unpaired) electrons. The number of benzene rings is 2. The van der Waals surface area contributed by atoms with Gasteiger partial charge in [0.25, 0.3) is 0 Å². The summed E-state index contributed by atoms with van der Waals surface area (Å²) in [5.74, 6) is 0.472. The lowest BCUT2D eigenvalue weighted by molar-refractivity contribution is 0.0575. The van der Waals surface area contributed by atoms with Gasteiger partial charge in [-0.05, 0) is 99.4 Å². The highest BCUT2D eigenvalue weighted by atomic mass is 28.4. The average Bonchev–Trinajstić information content (AvgIpc) is 3.27.